The fourth-order valence-corrected chi connectivity index (χ4v) is 3.00. The van der Waals surface area contributed by atoms with Crippen molar-refractivity contribution in [1.82, 2.24) is 0 Å². The van der Waals surface area contributed by atoms with E-state index >= 15 is 0 Å². The molecule has 34 heavy (non-hydrogen) atoms. The van der Waals surface area contributed by atoms with Gasteiger partial charge in [-0.25, -0.2) is 4.79 Å². The number of urea groups is 1. The normalized spacial score (nSPS) is 11.5. The predicted molar refractivity (Wildman–Crippen MR) is 140 cm³/mol. The number of guanidine groups is 2. The zero-order valence-corrected chi connectivity index (χ0v) is 19.5. The fourth-order valence-electron chi connectivity index (χ4n) is 3.00. The second-order valence-electron chi connectivity index (χ2n) is 7.38. The van der Waals surface area contributed by atoms with Gasteiger partial charge in [0.2, 0.25) is 11.9 Å². The molecular weight excluding hydrogens is 432 g/mol. The summed E-state index contributed by atoms with van der Waals surface area (Å²) in [4.78, 5) is 12.4. The van der Waals surface area contributed by atoms with E-state index in [0.717, 1.165) is 48.2 Å². The maximum atomic E-state index is 12.4. The zero-order valence-electron chi connectivity index (χ0n) is 19.5. The first-order valence-electron chi connectivity index (χ1n) is 10.9. The van der Waals surface area contributed by atoms with Crippen LogP contribution in [0.3, 0.4) is 0 Å². The topological polar surface area (TPSA) is 195 Å². The number of hydrogen-bond acceptors (Lipinski definition) is 5. The predicted octanol–water partition coefficient (Wildman–Crippen LogP) is 2.89. The minimum Gasteiger partial charge on any atom is -0.369 e. The van der Waals surface area contributed by atoms with Crippen molar-refractivity contribution in [3.63, 3.8) is 0 Å². The summed E-state index contributed by atoms with van der Waals surface area (Å²) < 4.78 is 0. The number of nitrogens with one attached hydrogen (secondary N) is 2. The van der Waals surface area contributed by atoms with Crippen LogP contribution in [0.25, 0.3) is 0 Å². The van der Waals surface area contributed by atoms with E-state index < -0.39 is 0 Å². The third-order valence-corrected chi connectivity index (χ3v) is 4.50. The van der Waals surface area contributed by atoms with Gasteiger partial charge in [-0.3, -0.25) is 0 Å². The van der Waals surface area contributed by atoms with Crippen LogP contribution >= 0.6 is 0 Å². The van der Waals surface area contributed by atoms with Crippen LogP contribution in [0.5, 0.6) is 0 Å². The van der Waals surface area contributed by atoms with E-state index in [1.807, 2.05) is 38.1 Å². The first kappa shape index (κ1) is 25.8. The van der Waals surface area contributed by atoms with Crippen molar-refractivity contribution in [3.05, 3.63) is 59.7 Å². The molecule has 180 valence electrons. The highest BCUT2D eigenvalue weighted by Crippen LogP contribution is 2.16. The van der Waals surface area contributed by atoms with Gasteiger partial charge >= 0.3 is 6.03 Å². The lowest BCUT2D eigenvalue weighted by Crippen LogP contribution is -2.22. The van der Waals surface area contributed by atoms with Crippen LogP contribution in [0.2, 0.25) is 0 Å². The highest BCUT2D eigenvalue weighted by Gasteiger charge is 2.08. The number of nitrogens with zero attached hydrogens (tertiary/aromatic N) is 4. The van der Waals surface area contributed by atoms with Crippen LogP contribution in [0.4, 0.5) is 16.2 Å². The second-order valence-corrected chi connectivity index (χ2v) is 7.38. The number of carbonyl (C=O) groups is 1. The van der Waals surface area contributed by atoms with Gasteiger partial charge < -0.3 is 33.6 Å². The van der Waals surface area contributed by atoms with Crippen molar-refractivity contribution in [2.75, 3.05) is 10.6 Å². The Bertz CT molecular complexity index is 976. The van der Waals surface area contributed by atoms with Crippen molar-refractivity contribution in [3.8, 4) is 0 Å². The van der Waals surface area contributed by atoms with Gasteiger partial charge in [0.1, 0.15) is 0 Å². The summed E-state index contributed by atoms with van der Waals surface area (Å²) in [5.41, 5.74) is 26.0. The van der Waals surface area contributed by atoms with Gasteiger partial charge in [-0.15, -0.1) is 10.2 Å². The van der Waals surface area contributed by atoms with Crippen LogP contribution in [0.1, 0.15) is 50.7 Å². The van der Waals surface area contributed by atoms with Crippen molar-refractivity contribution in [2.45, 2.75) is 39.5 Å². The Balaban J connectivity index is 2.04. The molecule has 0 unspecified atom stereocenters. The molecule has 0 radical (unpaired) electrons. The van der Waals surface area contributed by atoms with Gasteiger partial charge in [0.05, 0.1) is 11.4 Å². The summed E-state index contributed by atoms with van der Waals surface area (Å²) in [5.74, 6) is -0.196. The zero-order chi connectivity index (χ0) is 24.9. The Hall–Kier alpha value is -4.41. The molecule has 0 atom stereocenters. The minimum absolute atomic E-state index is 0.0979. The summed E-state index contributed by atoms with van der Waals surface area (Å²) in [6.07, 6.45) is 3.22. The van der Waals surface area contributed by atoms with Crippen molar-refractivity contribution in [1.29, 1.82) is 0 Å². The SMILES string of the molecule is CCC/C(=N/N=C(N)N)c1ccc(NC(=O)Nc2ccc(/C(CCC)=N/N=C(N)N)cc2)cc1. The summed E-state index contributed by atoms with van der Waals surface area (Å²) in [5, 5.41) is 21.3. The lowest BCUT2D eigenvalue weighted by molar-refractivity contribution is 0.262. The molecule has 11 heteroatoms. The van der Waals surface area contributed by atoms with Crippen LogP contribution in [0, 0.1) is 0 Å². The molecule has 2 rings (SSSR count). The molecule has 0 heterocycles. The number of carbonyl (C=O) groups excluding carboxylic acids is 1. The molecule has 0 saturated carbocycles. The van der Waals surface area contributed by atoms with E-state index in [4.69, 9.17) is 22.9 Å². The molecule has 0 aliphatic rings. The number of nitrogens with two attached hydrogens (primary N) is 4. The van der Waals surface area contributed by atoms with Gasteiger partial charge in [0, 0.05) is 11.4 Å². The standard InChI is InChI=1S/C23H32N10O/c1-3-5-19(30-32-21(24)25)15-7-11-17(12-8-15)28-23(34)29-18-13-9-16(10-14-18)20(6-4-2)31-33-22(26)27/h7-14H,3-6H2,1-2H3,(H4,24,25,32)(H4,26,27,33)(H2,28,29,34)/b30-19-,31-20+. The van der Waals surface area contributed by atoms with E-state index in [1.54, 1.807) is 24.3 Å². The smallest absolute Gasteiger partial charge is 0.323 e. The highest BCUT2D eigenvalue weighted by atomic mass is 16.2. The average molecular weight is 465 g/mol. The van der Waals surface area contributed by atoms with Crippen molar-refractivity contribution >= 4 is 40.7 Å². The first-order chi connectivity index (χ1) is 16.3. The largest absolute Gasteiger partial charge is 0.369 e. The monoisotopic (exact) mass is 464 g/mol. The van der Waals surface area contributed by atoms with Gasteiger partial charge in [0.25, 0.3) is 0 Å². The third-order valence-electron chi connectivity index (χ3n) is 4.50. The molecule has 2 amide bonds. The minimum atomic E-state index is -0.369. The Morgan fingerprint density at radius 3 is 1.29 bits per heavy atom. The van der Waals surface area contributed by atoms with Crippen LogP contribution in [-0.2, 0) is 0 Å². The molecule has 2 aromatic carbocycles. The second kappa shape index (κ2) is 13.2. The van der Waals surface area contributed by atoms with E-state index in [9.17, 15) is 4.79 Å². The van der Waals surface area contributed by atoms with Gasteiger partial charge in [-0.05, 0) is 48.2 Å². The Morgan fingerprint density at radius 1 is 0.647 bits per heavy atom. The number of hydrogen-bond donors (Lipinski definition) is 6. The van der Waals surface area contributed by atoms with Gasteiger partial charge in [0.15, 0.2) is 0 Å². The lowest BCUT2D eigenvalue weighted by Gasteiger charge is -2.10. The molecule has 0 fully saturated rings. The molecule has 0 aliphatic heterocycles. The number of amides is 2. The van der Waals surface area contributed by atoms with E-state index in [1.165, 1.54) is 0 Å². The van der Waals surface area contributed by atoms with Crippen molar-refractivity contribution in [2.24, 2.45) is 43.3 Å². The van der Waals surface area contributed by atoms with Crippen molar-refractivity contribution < 1.29 is 4.79 Å². The maximum Gasteiger partial charge on any atom is 0.323 e. The maximum absolute atomic E-state index is 12.4. The quantitative estimate of drug-likeness (QED) is 0.178. The number of anilines is 2. The van der Waals surface area contributed by atoms with Gasteiger partial charge in [-0.1, -0.05) is 51.0 Å². The van der Waals surface area contributed by atoms with E-state index in [2.05, 4.69) is 31.0 Å². The molecule has 0 aromatic heterocycles. The molecule has 0 aliphatic carbocycles. The Kier molecular flexibility index (Phi) is 10.0. The fraction of sp³-hybridized carbons (Fsp3) is 0.261. The summed E-state index contributed by atoms with van der Waals surface area (Å²) in [6.45, 7) is 4.08. The molecule has 0 bridgehead atoms. The average Bonchev–Trinajstić information content (AvgIpc) is 2.80. The molecule has 0 spiro atoms. The molecule has 0 saturated heterocycles. The Labute approximate surface area is 199 Å². The molecule has 10 N–H and O–H groups in total. The summed E-state index contributed by atoms with van der Waals surface area (Å²) in [6, 6.07) is 14.2. The Morgan fingerprint density at radius 2 is 1.00 bits per heavy atom. The molecule has 2 aromatic rings. The van der Waals surface area contributed by atoms with E-state index in [0.29, 0.717) is 11.4 Å². The van der Waals surface area contributed by atoms with Crippen LogP contribution in [-0.4, -0.2) is 29.4 Å². The van der Waals surface area contributed by atoms with Crippen LogP contribution < -0.4 is 33.6 Å². The summed E-state index contributed by atoms with van der Waals surface area (Å²) >= 11 is 0. The number of rotatable bonds is 10. The lowest BCUT2D eigenvalue weighted by atomic mass is 10.1. The highest BCUT2D eigenvalue weighted by molar-refractivity contribution is 6.03. The van der Waals surface area contributed by atoms with E-state index in [-0.39, 0.29) is 18.0 Å². The summed E-state index contributed by atoms with van der Waals surface area (Å²) in [7, 11) is 0. The van der Waals surface area contributed by atoms with Crippen LogP contribution in [0.15, 0.2) is 68.9 Å². The molecule has 11 nitrogen and oxygen atoms in total. The van der Waals surface area contributed by atoms with Gasteiger partial charge in [-0.2, -0.15) is 10.2 Å². The molecular formula is C23H32N10O. The number of benzene rings is 2. The third kappa shape index (κ3) is 8.61. The first-order valence-corrected chi connectivity index (χ1v) is 10.9.